The van der Waals surface area contributed by atoms with E-state index >= 15 is 0 Å². The summed E-state index contributed by atoms with van der Waals surface area (Å²) in [4.78, 5) is 46.1. The molecule has 9 nitrogen and oxygen atoms in total. The van der Waals surface area contributed by atoms with Crippen molar-refractivity contribution in [3.63, 3.8) is 0 Å². The van der Waals surface area contributed by atoms with Crippen LogP contribution in [0.15, 0.2) is 18.6 Å². The van der Waals surface area contributed by atoms with E-state index in [0.717, 1.165) is 12.8 Å². The van der Waals surface area contributed by atoms with E-state index < -0.39 is 12.1 Å². The van der Waals surface area contributed by atoms with E-state index in [2.05, 4.69) is 25.9 Å². The van der Waals surface area contributed by atoms with Gasteiger partial charge in [-0.05, 0) is 45.7 Å². The van der Waals surface area contributed by atoms with Crippen LogP contribution in [0.4, 0.5) is 10.6 Å². The molecule has 4 amide bonds. The molecular weight excluding hydrogens is 336 g/mol. The molecule has 0 spiro atoms. The maximum Gasteiger partial charge on any atom is 0.321 e. The summed E-state index contributed by atoms with van der Waals surface area (Å²) in [5, 5.41) is 7.89. The Kier molecular flexibility index (Phi) is 5.77. The summed E-state index contributed by atoms with van der Waals surface area (Å²) in [7, 11) is 0. The lowest BCUT2D eigenvalue weighted by Gasteiger charge is -2.34. The highest BCUT2D eigenvalue weighted by molar-refractivity contribution is 5.97. The minimum absolute atomic E-state index is 0.0777. The summed E-state index contributed by atoms with van der Waals surface area (Å²) in [6.07, 6.45) is 7.83. The van der Waals surface area contributed by atoms with Crippen LogP contribution in [0, 0.1) is 5.92 Å². The lowest BCUT2D eigenvalue weighted by molar-refractivity contribution is -0.126. The first kappa shape index (κ1) is 18.2. The number of piperidine rings is 1. The summed E-state index contributed by atoms with van der Waals surface area (Å²) < 4.78 is 0. The number of aromatic nitrogens is 2. The van der Waals surface area contributed by atoms with Gasteiger partial charge >= 0.3 is 6.03 Å². The van der Waals surface area contributed by atoms with Crippen molar-refractivity contribution in [1.29, 1.82) is 0 Å². The number of nitrogens with zero attached hydrogens (tertiary/aromatic N) is 3. The van der Waals surface area contributed by atoms with Gasteiger partial charge in [-0.2, -0.15) is 0 Å². The minimum atomic E-state index is -0.428. The van der Waals surface area contributed by atoms with Crippen molar-refractivity contribution < 1.29 is 14.4 Å². The van der Waals surface area contributed by atoms with Crippen LogP contribution in [0.1, 0.15) is 32.6 Å². The van der Waals surface area contributed by atoms with Gasteiger partial charge in [0.25, 0.3) is 0 Å². The Hall–Kier alpha value is -2.55. The van der Waals surface area contributed by atoms with Crippen molar-refractivity contribution in [1.82, 2.24) is 25.5 Å². The predicted octanol–water partition coefficient (Wildman–Crippen LogP) is 0.504. The molecule has 140 valence electrons. The second-order valence-corrected chi connectivity index (χ2v) is 6.80. The SMILES string of the molecule is CC(C(=O)NC(=O)NC1CC1)N1CCC(C(=O)Nc2cnccn2)CC1. The van der Waals surface area contributed by atoms with E-state index in [-0.39, 0.29) is 23.8 Å². The van der Waals surface area contributed by atoms with Crippen LogP contribution >= 0.6 is 0 Å². The molecule has 1 atom stereocenters. The van der Waals surface area contributed by atoms with Crippen LogP contribution in [0.3, 0.4) is 0 Å². The maximum atomic E-state index is 12.3. The third kappa shape index (κ3) is 4.98. The summed E-state index contributed by atoms with van der Waals surface area (Å²) in [5.74, 6) is -0.0762. The third-order valence-corrected chi connectivity index (χ3v) is 4.79. The number of hydrogen-bond acceptors (Lipinski definition) is 6. The number of carbonyl (C=O) groups is 3. The van der Waals surface area contributed by atoms with Gasteiger partial charge in [-0.1, -0.05) is 0 Å². The Morgan fingerprint density at radius 3 is 2.50 bits per heavy atom. The molecule has 2 aliphatic rings. The molecule has 1 saturated heterocycles. The molecule has 0 bridgehead atoms. The zero-order valence-electron chi connectivity index (χ0n) is 14.8. The van der Waals surface area contributed by atoms with Gasteiger partial charge in [0.05, 0.1) is 12.2 Å². The molecule has 9 heteroatoms. The summed E-state index contributed by atoms with van der Waals surface area (Å²) in [6.45, 7) is 3.02. The van der Waals surface area contributed by atoms with Crippen LogP contribution < -0.4 is 16.0 Å². The molecule has 1 aliphatic carbocycles. The molecule has 0 radical (unpaired) electrons. The van der Waals surface area contributed by atoms with Crippen molar-refractivity contribution in [3.05, 3.63) is 18.6 Å². The first-order chi connectivity index (χ1) is 12.5. The van der Waals surface area contributed by atoms with Crippen molar-refractivity contribution in [2.24, 2.45) is 5.92 Å². The average Bonchev–Trinajstić information content (AvgIpc) is 3.45. The van der Waals surface area contributed by atoms with E-state index in [0.29, 0.717) is 31.7 Å². The molecule has 3 N–H and O–H groups in total. The number of amides is 4. The highest BCUT2D eigenvalue weighted by Crippen LogP contribution is 2.21. The quantitative estimate of drug-likeness (QED) is 0.704. The second kappa shape index (κ2) is 8.22. The average molecular weight is 360 g/mol. The Balaban J connectivity index is 1.42. The van der Waals surface area contributed by atoms with Gasteiger partial charge in [-0.15, -0.1) is 0 Å². The van der Waals surface area contributed by atoms with Crippen LogP contribution in [0.25, 0.3) is 0 Å². The Morgan fingerprint density at radius 2 is 1.88 bits per heavy atom. The van der Waals surface area contributed by atoms with Gasteiger partial charge in [0.2, 0.25) is 11.8 Å². The zero-order valence-corrected chi connectivity index (χ0v) is 14.8. The van der Waals surface area contributed by atoms with E-state index in [1.807, 2.05) is 4.90 Å². The first-order valence-electron chi connectivity index (χ1n) is 8.95. The van der Waals surface area contributed by atoms with Gasteiger partial charge in [0.1, 0.15) is 0 Å². The summed E-state index contributed by atoms with van der Waals surface area (Å²) in [6, 6.07) is -0.631. The third-order valence-electron chi connectivity index (χ3n) is 4.79. The minimum Gasteiger partial charge on any atom is -0.335 e. The smallest absolute Gasteiger partial charge is 0.321 e. The van der Waals surface area contributed by atoms with Crippen LogP contribution in [-0.2, 0) is 9.59 Å². The molecule has 26 heavy (non-hydrogen) atoms. The first-order valence-corrected chi connectivity index (χ1v) is 8.95. The van der Waals surface area contributed by atoms with Crippen molar-refractivity contribution in [3.8, 4) is 0 Å². The molecule has 2 fully saturated rings. The molecule has 0 aromatic carbocycles. The van der Waals surface area contributed by atoms with Crippen molar-refractivity contribution >= 4 is 23.7 Å². The normalized spacial score (nSPS) is 19.4. The van der Waals surface area contributed by atoms with Crippen LogP contribution in [0.2, 0.25) is 0 Å². The predicted molar refractivity (Wildman–Crippen MR) is 94.1 cm³/mol. The Morgan fingerprint density at radius 1 is 1.15 bits per heavy atom. The fourth-order valence-electron chi connectivity index (χ4n) is 2.97. The zero-order chi connectivity index (χ0) is 18.5. The van der Waals surface area contributed by atoms with Gasteiger partial charge in [-0.25, -0.2) is 9.78 Å². The Bertz CT molecular complexity index is 656. The molecule has 3 rings (SSSR count). The number of likely N-dealkylation sites (tertiary alicyclic amines) is 1. The molecule has 1 aliphatic heterocycles. The highest BCUT2D eigenvalue weighted by atomic mass is 16.2. The largest absolute Gasteiger partial charge is 0.335 e. The number of hydrogen-bond donors (Lipinski definition) is 3. The fraction of sp³-hybridized carbons (Fsp3) is 0.588. The topological polar surface area (TPSA) is 116 Å². The lowest BCUT2D eigenvalue weighted by Crippen LogP contribution is -2.52. The van der Waals surface area contributed by atoms with Gasteiger partial charge in [-0.3, -0.25) is 24.8 Å². The number of rotatable bonds is 5. The van der Waals surface area contributed by atoms with Gasteiger partial charge < -0.3 is 10.6 Å². The standard InChI is InChI=1S/C17H24N6O3/c1-11(15(24)22-17(26)20-13-2-3-13)23-8-4-12(5-9-23)16(25)21-14-10-18-6-7-19-14/h6-7,10-13H,2-5,8-9H2,1H3,(H,19,21,25)(H2,20,22,24,26). The van der Waals surface area contributed by atoms with Crippen molar-refractivity contribution in [2.45, 2.75) is 44.7 Å². The summed E-state index contributed by atoms with van der Waals surface area (Å²) in [5.41, 5.74) is 0. The maximum absolute atomic E-state index is 12.3. The molecule has 1 aromatic rings. The fourth-order valence-corrected chi connectivity index (χ4v) is 2.97. The van der Waals surface area contributed by atoms with E-state index in [1.54, 1.807) is 13.1 Å². The number of imide groups is 1. The number of nitrogens with one attached hydrogen (secondary N) is 3. The lowest BCUT2D eigenvalue weighted by atomic mass is 9.95. The van der Waals surface area contributed by atoms with E-state index in [1.165, 1.54) is 12.4 Å². The Labute approximate surface area is 151 Å². The van der Waals surface area contributed by atoms with Crippen molar-refractivity contribution in [2.75, 3.05) is 18.4 Å². The molecule has 2 heterocycles. The molecule has 1 aromatic heterocycles. The molecular formula is C17H24N6O3. The van der Waals surface area contributed by atoms with Gasteiger partial charge in [0.15, 0.2) is 5.82 Å². The van der Waals surface area contributed by atoms with E-state index in [4.69, 9.17) is 0 Å². The molecule has 1 unspecified atom stereocenters. The van der Waals surface area contributed by atoms with Crippen LogP contribution in [0.5, 0.6) is 0 Å². The van der Waals surface area contributed by atoms with E-state index in [9.17, 15) is 14.4 Å². The highest BCUT2D eigenvalue weighted by Gasteiger charge is 2.31. The van der Waals surface area contributed by atoms with Gasteiger partial charge in [0, 0.05) is 24.4 Å². The number of carbonyl (C=O) groups excluding carboxylic acids is 3. The number of anilines is 1. The monoisotopic (exact) mass is 360 g/mol. The number of urea groups is 1. The molecule has 1 saturated carbocycles. The second-order valence-electron chi connectivity index (χ2n) is 6.80. The van der Waals surface area contributed by atoms with Crippen LogP contribution in [-0.4, -0.2) is 57.9 Å². The summed E-state index contributed by atoms with van der Waals surface area (Å²) >= 11 is 0.